The van der Waals surface area contributed by atoms with Gasteiger partial charge in [0.15, 0.2) is 0 Å². The summed E-state index contributed by atoms with van der Waals surface area (Å²) in [7, 11) is 1.00. The lowest BCUT2D eigenvalue weighted by Gasteiger charge is -1.97. The van der Waals surface area contributed by atoms with Crippen LogP contribution in [0.2, 0.25) is 0 Å². The van der Waals surface area contributed by atoms with Gasteiger partial charge in [0.1, 0.15) is 0 Å². The Hall–Kier alpha value is -1.41. The van der Waals surface area contributed by atoms with E-state index >= 15 is 0 Å². The van der Waals surface area contributed by atoms with Crippen molar-refractivity contribution in [2.75, 3.05) is 7.11 Å². The lowest BCUT2D eigenvalue weighted by atomic mass is 10.1. The second-order valence-electron chi connectivity index (χ2n) is 2.65. The fraction of sp³-hybridized carbons (Fsp3) is 0.182. The van der Waals surface area contributed by atoms with Gasteiger partial charge in [-0.3, -0.25) is 4.98 Å². The molecule has 0 aliphatic rings. The van der Waals surface area contributed by atoms with Gasteiger partial charge in [-0.05, 0) is 18.6 Å². The summed E-state index contributed by atoms with van der Waals surface area (Å²) in [6.45, 7) is 2.08. The van der Waals surface area contributed by atoms with Gasteiger partial charge in [0.25, 0.3) is 0 Å². The Balaban J connectivity index is 0.000000396. The molecule has 0 radical (unpaired) electrons. The summed E-state index contributed by atoms with van der Waals surface area (Å²) in [4.78, 5) is 4.28. The Bertz CT molecular complexity index is 379. The number of aliphatic hydroxyl groups excluding tert-OH is 1. The summed E-state index contributed by atoms with van der Waals surface area (Å²) in [5.74, 6) is 0. The Kier molecular flexibility index (Phi) is 3.41. The molecule has 1 N–H and O–H groups in total. The molecule has 13 heavy (non-hydrogen) atoms. The third kappa shape index (κ3) is 2.04. The Morgan fingerprint density at radius 1 is 1.08 bits per heavy atom. The van der Waals surface area contributed by atoms with Crippen molar-refractivity contribution >= 4 is 10.9 Å². The molecule has 0 atom stereocenters. The standard InChI is InChI=1S/C10H9N.CH4O/c1-8-4-2-5-9-6-3-7-11-10(8)9;1-2/h2-7H,1H3;2H,1H3. The van der Waals surface area contributed by atoms with E-state index in [0.29, 0.717) is 0 Å². The largest absolute Gasteiger partial charge is 0.400 e. The zero-order chi connectivity index (χ0) is 9.68. The minimum atomic E-state index is 1.00. The van der Waals surface area contributed by atoms with E-state index in [2.05, 4.69) is 36.2 Å². The highest BCUT2D eigenvalue weighted by atomic mass is 16.2. The van der Waals surface area contributed by atoms with E-state index in [-0.39, 0.29) is 0 Å². The predicted octanol–water partition coefficient (Wildman–Crippen LogP) is 2.15. The average molecular weight is 175 g/mol. The summed E-state index contributed by atoms with van der Waals surface area (Å²) >= 11 is 0. The maximum atomic E-state index is 7.00. The molecular formula is C11H13NO. The van der Waals surface area contributed by atoms with Gasteiger partial charge in [0.2, 0.25) is 0 Å². The van der Waals surface area contributed by atoms with Gasteiger partial charge in [0.05, 0.1) is 5.52 Å². The summed E-state index contributed by atoms with van der Waals surface area (Å²) < 4.78 is 0. The number of hydrogen-bond donors (Lipinski definition) is 1. The van der Waals surface area contributed by atoms with E-state index in [1.165, 1.54) is 10.9 Å². The van der Waals surface area contributed by atoms with Crippen LogP contribution in [0.15, 0.2) is 36.5 Å². The molecule has 68 valence electrons. The molecule has 1 aromatic heterocycles. The molecule has 2 rings (SSSR count). The fourth-order valence-corrected chi connectivity index (χ4v) is 1.26. The number of nitrogens with zero attached hydrogens (tertiary/aromatic N) is 1. The molecule has 0 unspecified atom stereocenters. The Morgan fingerprint density at radius 2 is 1.77 bits per heavy atom. The third-order valence-electron chi connectivity index (χ3n) is 1.83. The Labute approximate surface area is 77.9 Å². The molecule has 0 amide bonds. The van der Waals surface area contributed by atoms with Crippen molar-refractivity contribution in [3.8, 4) is 0 Å². The molecule has 0 aliphatic heterocycles. The number of fused-ring (bicyclic) bond motifs is 1. The number of aliphatic hydroxyl groups is 1. The number of rotatable bonds is 0. The van der Waals surface area contributed by atoms with Gasteiger partial charge in [-0.15, -0.1) is 0 Å². The first-order valence-corrected chi connectivity index (χ1v) is 4.13. The molecule has 0 saturated heterocycles. The molecule has 2 aromatic rings. The van der Waals surface area contributed by atoms with Crippen molar-refractivity contribution in [2.24, 2.45) is 0 Å². The maximum absolute atomic E-state index is 7.00. The summed E-state index contributed by atoms with van der Waals surface area (Å²) in [5, 5.41) is 8.22. The monoisotopic (exact) mass is 175 g/mol. The van der Waals surface area contributed by atoms with E-state index < -0.39 is 0 Å². The van der Waals surface area contributed by atoms with Crippen LogP contribution in [0.3, 0.4) is 0 Å². The van der Waals surface area contributed by atoms with Crippen LogP contribution in [0.1, 0.15) is 5.56 Å². The lowest BCUT2D eigenvalue weighted by Crippen LogP contribution is -1.80. The highest BCUT2D eigenvalue weighted by Gasteiger charge is 1.93. The predicted molar refractivity (Wildman–Crippen MR) is 54.6 cm³/mol. The molecule has 0 spiro atoms. The van der Waals surface area contributed by atoms with Crippen molar-refractivity contribution in [2.45, 2.75) is 6.92 Å². The number of benzene rings is 1. The fourth-order valence-electron chi connectivity index (χ4n) is 1.26. The van der Waals surface area contributed by atoms with Gasteiger partial charge in [-0.25, -0.2) is 0 Å². The summed E-state index contributed by atoms with van der Waals surface area (Å²) in [6.07, 6.45) is 1.83. The van der Waals surface area contributed by atoms with E-state index in [9.17, 15) is 0 Å². The number of aromatic nitrogens is 1. The van der Waals surface area contributed by atoms with Crippen LogP contribution >= 0.6 is 0 Å². The van der Waals surface area contributed by atoms with Crippen molar-refractivity contribution in [1.82, 2.24) is 4.98 Å². The molecule has 2 nitrogen and oxygen atoms in total. The van der Waals surface area contributed by atoms with Gasteiger partial charge in [0, 0.05) is 18.7 Å². The van der Waals surface area contributed by atoms with E-state index in [1.807, 2.05) is 12.3 Å². The first-order chi connectivity index (χ1) is 6.38. The first kappa shape index (κ1) is 9.68. The average Bonchev–Trinajstić information content (AvgIpc) is 2.22. The quantitative estimate of drug-likeness (QED) is 0.665. The molecule has 0 fully saturated rings. The zero-order valence-corrected chi connectivity index (χ0v) is 7.86. The molecular weight excluding hydrogens is 162 g/mol. The van der Waals surface area contributed by atoms with Crippen LogP contribution in [0.5, 0.6) is 0 Å². The van der Waals surface area contributed by atoms with Crippen molar-refractivity contribution in [1.29, 1.82) is 0 Å². The number of hydrogen-bond acceptors (Lipinski definition) is 2. The smallest absolute Gasteiger partial charge is 0.0731 e. The molecule has 2 heteroatoms. The molecule has 0 aliphatic carbocycles. The zero-order valence-electron chi connectivity index (χ0n) is 7.86. The molecule has 0 saturated carbocycles. The van der Waals surface area contributed by atoms with E-state index in [4.69, 9.17) is 5.11 Å². The van der Waals surface area contributed by atoms with Gasteiger partial charge in [-0.2, -0.15) is 0 Å². The highest BCUT2D eigenvalue weighted by Crippen LogP contribution is 2.13. The van der Waals surface area contributed by atoms with Crippen LogP contribution < -0.4 is 0 Å². The van der Waals surface area contributed by atoms with Crippen LogP contribution in [-0.4, -0.2) is 17.2 Å². The number of pyridine rings is 1. The minimum absolute atomic E-state index is 1.00. The molecule has 1 heterocycles. The maximum Gasteiger partial charge on any atom is 0.0731 e. The molecule has 1 aromatic carbocycles. The van der Waals surface area contributed by atoms with Gasteiger partial charge in [-0.1, -0.05) is 24.3 Å². The van der Waals surface area contributed by atoms with Gasteiger partial charge >= 0.3 is 0 Å². The Morgan fingerprint density at radius 3 is 2.46 bits per heavy atom. The van der Waals surface area contributed by atoms with Crippen LogP contribution in [0.25, 0.3) is 10.9 Å². The first-order valence-electron chi connectivity index (χ1n) is 4.13. The SMILES string of the molecule is CO.Cc1cccc2cccnc12. The minimum Gasteiger partial charge on any atom is -0.400 e. The van der Waals surface area contributed by atoms with Gasteiger partial charge < -0.3 is 5.11 Å². The normalized spacial score (nSPS) is 9.15. The molecule has 0 bridgehead atoms. The van der Waals surface area contributed by atoms with Crippen molar-refractivity contribution in [3.63, 3.8) is 0 Å². The van der Waals surface area contributed by atoms with Crippen LogP contribution in [-0.2, 0) is 0 Å². The second kappa shape index (κ2) is 4.58. The number of para-hydroxylation sites is 1. The lowest BCUT2D eigenvalue weighted by molar-refractivity contribution is 0.399. The van der Waals surface area contributed by atoms with Crippen molar-refractivity contribution < 1.29 is 5.11 Å². The van der Waals surface area contributed by atoms with E-state index in [0.717, 1.165) is 12.6 Å². The highest BCUT2D eigenvalue weighted by molar-refractivity contribution is 5.81. The second-order valence-corrected chi connectivity index (χ2v) is 2.65. The van der Waals surface area contributed by atoms with Crippen LogP contribution in [0.4, 0.5) is 0 Å². The van der Waals surface area contributed by atoms with Crippen LogP contribution in [0, 0.1) is 6.92 Å². The number of aryl methyl sites for hydroxylation is 1. The van der Waals surface area contributed by atoms with Crippen molar-refractivity contribution in [3.05, 3.63) is 42.1 Å². The third-order valence-corrected chi connectivity index (χ3v) is 1.83. The topological polar surface area (TPSA) is 33.1 Å². The van der Waals surface area contributed by atoms with E-state index in [1.54, 1.807) is 0 Å². The summed E-state index contributed by atoms with van der Waals surface area (Å²) in [5.41, 5.74) is 2.35. The summed E-state index contributed by atoms with van der Waals surface area (Å²) in [6, 6.07) is 10.3.